The Kier molecular flexibility index (Phi) is 33.2. The molecule has 0 aromatic carbocycles. The molecule has 4 aliphatic rings. The number of nitrogens with one attached hydrogen (secondary N) is 1. The van der Waals surface area contributed by atoms with Crippen LogP contribution in [-0.2, 0) is 66.5 Å². The van der Waals surface area contributed by atoms with Gasteiger partial charge in [0, 0.05) is 78.2 Å². The number of carbonyl (C=O) groups is 3. The number of esters is 1. The third kappa shape index (κ3) is 23.6. The van der Waals surface area contributed by atoms with E-state index < -0.39 is 90.3 Å². The number of cyclic esters (lactones) is 1. The highest BCUT2D eigenvalue weighted by Gasteiger charge is 2.48. The molecule has 0 spiro atoms. The van der Waals surface area contributed by atoms with Gasteiger partial charge in [-0.1, -0.05) is 70.6 Å². The molecule has 0 unspecified atom stereocenters. The van der Waals surface area contributed by atoms with Crippen LogP contribution in [0.5, 0.6) is 0 Å². The van der Waals surface area contributed by atoms with Gasteiger partial charge in [0.1, 0.15) is 43.8 Å². The summed E-state index contributed by atoms with van der Waals surface area (Å²) in [6.07, 6.45) is 12.2. The molecule has 1 aliphatic carbocycles. The maximum absolute atomic E-state index is 14.6. The predicted molar refractivity (Wildman–Crippen MR) is 315 cm³/mol. The number of hydrogen-bond acceptors (Lipinski definition) is 20. The molecule has 470 valence electrons. The van der Waals surface area contributed by atoms with Crippen LogP contribution in [0.1, 0.15) is 119 Å². The minimum absolute atomic E-state index is 0.0183. The lowest BCUT2D eigenvalue weighted by molar-refractivity contribution is -0.268. The van der Waals surface area contributed by atoms with E-state index in [2.05, 4.69) is 5.32 Å². The molecule has 21 heteroatoms. The van der Waals surface area contributed by atoms with Gasteiger partial charge in [-0.15, -0.1) is 0 Å². The molecule has 0 radical (unpaired) electrons. The van der Waals surface area contributed by atoms with Crippen molar-refractivity contribution in [2.75, 3.05) is 101 Å². The first-order valence-electron chi connectivity index (χ1n) is 29.8. The molecule has 2 saturated heterocycles. The Balaban J connectivity index is 1.51. The van der Waals surface area contributed by atoms with E-state index in [9.17, 15) is 29.7 Å². The first-order chi connectivity index (χ1) is 39.3. The number of aliphatic hydroxyl groups is 3. The van der Waals surface area contributed by atoms with Crippen molar-refractivity contribution in [1.29, 1.82) is 0 Å². The SMILES string of the molecule is COCCOCCOCCOCCNC(=S)O[C@@H]1CC[C@@H](C[C@@H](N)[C@@H]2C[C@@H](OC)[C@H](C)/C=C(\C)[C@@H](O)[C@@H](O)C(=O)[C@H](C)C[C@H](C)/C=C/C=C/C=C(\C)[C@@H](OC)C[C@@H]3CC[C@@H](C)[C@@](O)(O3)C(=O)COCN3CCCC[C@H]3C(=O)O2)C[C@H]1OC. The molecule has 2 bridgehead atoms. The molecule has 0 amide bonds. The number of aliphatic hydroxyl groups excluding tert-OH is 2. The van der Waals surface area contributed by atoms with Gasteiger partial charge in [-0.3, -0.25) is 19.3 Å². The summed E-state index contributed by atoms with van der Waals surface area (Å²) in [5.74, 6) is -4.98. The smallest absolute Gasteiger partial charge is 0.323 e. The number of thiocarbonyl (C=S) groups is 1. The third-order valence-electron chi connectivity index (χ3n) is 16.6. The minimum Gasteiger partial charge on any atom is -0.465 e. The van der Waals surface area contributed by atoms with Gasteiger partial charge in [-0.25, -0.2) is 0 Å². The number of piperidine rings is 1. The second-order valence-electron chi connectivity index (χ2n) is 23.0. The molecule has 0 aromatic rings. The summed E-state index contributed by atoms with van der Waals surface area (Å²) >= 11 is 5.55. The van der Waals surface area contributed by atoms with Gasteiger partial charge in [0.25, 0.3) is 5.17 Å². The average Bonchev–Trinajstić information content (AvgIpc) is 3.54. The van der Waals surface area contributed by atoms with Crippen LogP contribution in [0, 0.1) is 29.6 Å². The first-order valence-corrected chi connectivity index (χ1v) is 30.2. The lowest BCUT2D eigenvalue weighted by Crippen LogP contribution is -2.55. The standard InChI is InChI=1S/C61H103N3O17S/c1-40-16-12-11-13-17-41(2)51(72-8)36-47-21-19-45(6)61(70,81-47)55(65)38-78-39-64-24-15-14-18-49(64)59(69)79-53(37-52(73-9)42(3)33-44(5)57(67)58(68)56(66)43(4)32-40)48(62)34-46-20-22-50(54(35-46)74-10)80-60(82)63-23-25-75-28-29-77-31-30-76-27-26-71-7/h11-13,16-17,33,40,42-43,45-54,57-58,67-68,70H,14-15,18-32,34-39,62H2,1-10H3,(H,63,82)/b13-11+,16-12+,41-17+,44-33+/t40-,42-,43-,45-,46+,47+,48-,49+,50-,51+,52-,53+,54-,57-,58+,61-/m1/s1. The van der Waals surface area contributed by atoms with Crippen molar-refractivity contribution in [2.45, 2.75) is 185 Å². The Hall–Kier alpha value is -3.10. The van der Waals surface area contributed by atoms with Crippen LogP contribution in [0.2, 0.25) is 0 Å². The Bertz CT molecular complexity index is 2030. The van der Waals surface area contributed by atoms with E-state index in [0.29, 0.717) is 116 Å². The fourth-order valence-corrected chi connectivity index (χ4v) is 11.7. The molecular weight excluding hydrogens is 1080 g/mol. The molecule has 20 nitrogen and oxygen atoms in total. The molecule has 0 aromatic heterocycles. The van der Waals surface area contributed by atoms with Crippen LogP contribution < -0.4 is 11.1 Å². The molecule has 3 fully saturated rings. The van der Waals surface area contributed by atoms with Crippen LogP contribution in [0.4, 0.5) is 0 Å². The zero-order valence-electron chi connectivity index (χ0n) is 50.9. The fourth-order valence-electron chi connectivity index (χ4n) is 11.4. The number of ether oxygens (including phenoxy) is 11. The summed E-state index contributed by atoms with van der Waals surface area (Å²) in [5, 5.41) is 37.8. The summed E-state index contributed by atoms with van der Waals surface area (Å²) in [5.41, 5.74) is 8.49. The van der Waals surface area contributed by atoms with Crippen molar-refractivity contribution in [1.82, 2.24) is 10.2 Å². The van der Waals surface area contributed by atoms with Crippen molar-refractivity contribution in [3.8, 4) is 0 Å². The lowest BCUT2D eigenvalue weighted by Gasteiger charge is -2.41. The molecule has 3 heterocycles. The van der Waals surface area contributed by atoms with Crippen LogP contribution in [0.15, 0.2) is 47.6 Å². The zero-order valence-corrected chi connectivity index (χ0v) is 51.7. The number of rotatable bonds is 19. The van der Waals surface area contributed by atoms with E-state index >= 15 is 0 Å². The number of carbonyl (C=O) groups excluding carboxylic acids is 3. The van der Waals surface area contributed by atoms with Gasteiger partial charge in [-0.2, -0.15) is 0 Å². The average molecular weight is 1180 g/mol. The quantitative estimate of drug-likeness (QED) is 0.0450. The van der Waals surface area contributed by atoms with Gasteiger partial charge >= 0.3 is 5.97 Å². The summed E-state index contributed by atoms with van der Waals surface area (Å²) in [6.45, 7) is 14.8. The summed E-state index contributed by atoms with van der Waals surface area (Å²) < 4.78 is 64.4. The van der Waals surface area contributed by atoms with Crippen molar-refractivity contribution < 1.29 is 81.8 Å². The van der Waals surface area contributed by atoms with E-state index in [1.165, 1.54) is 0 Å². The Morgan fingerprint density at radius 1 is 0.793 bits per heavy atom. The zero-order chi connectivity index (χ0) is 60.2. The van der Waals surface area contributed by atoms with Crippen LogP contribution >= 0.6 is 12.2 Å². The van der Waals surface area contributed by atoms with E-state index in [1.807, 2.05) is 56.1 Å². The minimum atomic E-state index is -2.07. The maximum atomic E-state index is 14.6. The number of ketones is 2. The number of methoxy groups -OCH3 is 4. The Labute approximate surface area is 494 Å². The second kappa shape index (κ2) is 38.1. The van der Waals surface area contributed by atoms with Gasteiger partial charge in [0.15, 0.2) is 5.78 Å². The van der Waals surface area contributed by atoms with E-state index in [-0.39, 0.29) is 48.5 Å². The molecule has 4 rings (SSSR count). The first kappa shape index (κ1) is 71.4. The van der Waals surface area contributed by atoms with Crippen LogP contribution in [0.3, 0.4) is 0 Å². The van der Waals surface area contributed by atoms with Crippen molar-refractivity contribution in [2.24, 2.45) is 35.3 Å². The lowest BCUT2D eigenvalue weighted by atomic mass is 9.80. The number of hydrogen-bond donors (Lipinski definition) is 5. The molecule has 1 saturated carbocycles. The van der Waals surface area contributed by atoms with Gasteiger partial charge < -0.3 is 78.5 Å². The predicted octanol–water partition coefficient (Wildman–Crippen LogP) is 5.71. The monoisotopic (exact) mass is 1180 g/mol. The maximum Gasteiger partial charge on any atom is 0.323 e. The molecule has 6 N–H and O–H groups in total. The topological polar surface area (TPSA) is 255 Å². The molecule has 16 atom stereocenters. The highest BCUT2D eigenvalue weighted by Crippen LogP contribution is 2.37. The number of nitrogens with two attached hydrogens (primary N) is 1. The van der Waals surface area contributed by atoms with Gasteiger partial charge in [0.2, 0.25) is 11.6 Å². The molecule has 82 heavy (non-hydrogen) atoms. The highest BCUT2D eigenvalue weighted by molar-refractivity contribution is 7.80. The number of fused-ring (bicyclic) bond motifs is 3. The molecule has 3 aliphatic heterocycles. The van der Waals surface area contributed by atoms with Crippen molar-refractivity contribution >= 4 is 34.9 Å². The highest BCUT2D eigenvalue weighted by atomic mass is 32.1. The summed E-state index contributed by atoms with van der Waals surface area (Å²) in [4.78, 5) is 43.9. The number of nitrogens with zero attached hydrogens (tertiary/aromatic N) is 1. The van der Waals surface area contributed by atoms with E-state index in [1.54, 1.807) is 55.3 Å². The Morgan fingerprint density at radius 2 is 1.49 bits per heavy atom. The van der Waals surface area contributed by atoms with Crippen molar-refractivity contribution in [3.63, 3.8) is 0 Å². The van der Waals surface area contributed by atoms with Crippen LogP contribution in [-0.4, -0.2) is 211 Å². The second-order valence-corrected chi connectivity index (χ2v) is 23.4. The normalized spacial score (nSPS) is 35.8. The summed E-state index contributed by atoms with van der Waals surface area (Å²) in [7, 11) is 6.45. The number of Topliss-reactive ketones (excluding diaryl/α,β-unsaturated/α-hetero) is 2. The largest absolute Gasteiger partial charge is 0.465 e. The third-order valence-corrected chi connectivity index (χ3v) is 16.8. The van der Waals surface area contributed by atoms with Crippen LogP contribution in [0.25, 0.3) is 0 Å². The Morgan fingerprint density at radius 3 is 2.17 bits per heavy atom. The van der Waals surface area contributed by atoms with E-state index in [4.69, 9.17) is 70.1 Å². The van der Waals surface area contributed by atoms with Gasteiger partial charge in [0.05, 0.1) is 70.7 Å². The summed E-state index contributed by atoms with van der Waals surface area (Å²) in [6, 6.07) is -1.36. The fraction of sp³-hybridized carbons (Fsp3) is 0.803. The van der Waals surface area contributed by atoms with Crippen molar-refractivity contribution in [3.05, 3.63) is 47.6 Å². The van der Waals surface area contributed by atoms with E-state index in [0.717, 1.165) is 24.8 Å². The van der Waals surface area contributed by atoms with Gasteiger partial charge in [-0.05, 0) is 107 Å². The molecular formula is C61H103N3O17S. The number of allylic oxidation sites excluding steroid dienone is 5.